The highest BCUT2D eigenvalue weighted by Crippen LogP contribution is 2.37. The van der Waals surface area contributed by atoms with Crippen LogP contribution >= 0.6 is 0 Å². The molecule has 5 rings (SSSR count). The van der Waals surface area contributed by atoms with Crippen LogP contribution in [0.1, 0.15) is 48.2 Å². The van der Waals surface area contributed by atoms with Crippen molar-refractivity contribution in [1.29, 1.82) is 0 Å². The van der Waals surface area contributed by atoms with Crippen LogP contribution < -0.4 is 10.2 Å². The molecular weight excluding hydrogens is 531 g/mol. The number of pyridine rings is 2. The lowest BCUT2D eigenvalue weighted by molar-refractivity contribution is -0.141. The number of hydrogen-bond acceptors (Lipinski definition) is 6. The van der Waals surface area contributed by atoms with Crippen molar-refractivity contribution in [2.75, 3.05) is 16.5 Å². The Balaban J connectivity index is 1.30. The molecule has 1 aromatic carbocycles. The van der Waals surface area contributed by atoms with Gasteiger partial charge in [-0.05, 0) is 71.0 Å². The monoisotopic (exact) mass is 557 g/mol. The molecule has 8 nitrogen and oxygen atoms in total. The van der Waals surface area contributed by atoms with Crippen molar-refractivity contribution in [2.45, 2.75) is 56.0 Å². The largest absolute Gasteiger partial charge is 0.612 e. The van der Waals surface area contributed by atoms with Crippen LogP contribution in [0.5, 0.6) is 0 Å². The Bertz CT molecular complexity index is 1380. The Labute approximate surface area is 226 Å². The number of amides is 2. The lowest BCUT2D eigenvalue weighted by Crippen LogP contribution is -2.35. The predicted octanol–water partition coefficient (Wildman–Crippen LogP) is 4.44. The van der Waals surface area contributed by atoms with Crippen LogP contribution in [0.25, 0.3) is 0 Å². The maximum atomic E-state index is 13.3. The summed E-state index contributed by atoms with van der Waals surface area (Å²) in [7, 11) is 0. The molecule has 0 bridgehead atoms. The van der Waals surface area contributed by atoms with E-state index in [1.807, 2.05) is 4.90 Å². The lowest BCUT2D eigenvalue weighted by Gasteiger charge is -2.25. The highest BCUT2D eigenvalue weighted by Gasteiger charge is 2.38. The van der Waals surface area contributed by atoms with Crippen molar-refractivity contribution in [3.8, 4) is 0 Å². The zero-order valence-corrected chi connectivity index (χ0v) is 22.1. The van der Waals surface area contributed by atoms with Gasteiger partial charge in [-0.15, -0.1) is 0 Å². The van der Waals surface area contributed by atoms with Gasteiger partial charge in [-0.3, -0.25) is 14.6 Å². The number of alkyl halides is 3. The van der Waals surface area contributed by atoms with Crippen LogP contribution in [0.2, 0.25) is 0 Å². The maximum Gasteiger partial charge on any atom is 0.433 e. The molecule has 12 heteroatoms. The summed E-state index contributed by atoms with van der Waals surface area (Å²) in [5, 5.41) is 2.84. The van der Waals surface area contributed by atoms with Crippen LogP contribution in [0.4, 0.5) is 24.7 Å². The smallest absolute Gasteiger partial charge is 0.433 e. The van der Waals surface area contributed by atoms with Crippen molar-refractivity contribution in [2.24, 2.45) is 0 Å². The number of anilines is 2. The van der Waals surface area contributed by atoms with Gasteiger partial charge in [0.1, 0.15) is 23.8 Å². The molecule has 2 amide bonds. The highest BCUT2D eigenvalue weighted by atomic mass is 32.2. The fourth-order valence-corrected chi connectivity index (χ4v) is 5.26. The number of benzene rings is 1. The molecule has 2 atom stereocenters. The number of carbonyl (C=O) groups is 2. The molecule has 1 aliphatic heterocycles. The molecule has 1 saturated carbocycles. The second-order valence-electron chi connectivity index (χ2n) is 9.67. The van der Waals surface area contributed by atoms with E-state index in [9.17, 15) is 27.3 Å². The number of nitrogens with one attached hydrogen (secondary N) is 1. The Hall–Kier alpha value is -3.64. The summed E-state index contributed by atoms with van der Waals surface area (Å²) in [6.45, 7) is 2.01. The van der Waals surface area contributed by atoms with Gasteiger partial charge in [-0.2, -0.15) is 13.2 Å². The van der Waals surface area contributed by atoms with E-state index in [4.69, 9.17) is 0 Å². The third kappa shape index (κ3) is 5.86. The van der Waals surface area contributed by atoms with Crippen molar-refractivity contribution in [3.05, 3.63) is 77.2 Å². The fourth-order valence-electron chi connectivity index (χ4n) is 4.69. The van der Waals surface area contributed by atoms with Gasteiger partial charge in [-0.1, -0.05) is 12.1 Å². The topological polar surface area (TPSA) is 101 Å². The first-order valence-electron chi connectivity index (χ1n) is 12.3. The molecule has 3 heterocycles. The van der Waals surface area contributed by atoms with Crippen molar-refractivity contribution in [3.63, 3.8) is 0 Å². The van der Waals surface area contributed by atoms with Gasteiger partial charge in [0.15, 0.2) is 4.90 Å². The van der Waals surface area contributed by atoms with Crippen LogP contribution in [-0.4, -0.2) is 43.5 Å². The summed E-state index contributed by atoms with van der Waals surface area (Å²) in [6, 6.07) is 10.5. The number of aromatic nitrogens is 2. The van der Waals surface area contributed by atoms with Gasteiger partial charge in [0.25, 0.3) is 5.91 Å². The molecule has 0 saturated heterocycles. The highest BCUT2D eigenvalue weighted by molar-refractivity contribution is 7.90. The van der Waals surface area contributed by atoms with Gasteiger partial charge >= 0.3 is 6.18 Å². The average Bonchev–Trinajstić information content (AvgIpc) is 3.66. The van der Waals surface area contributed by atoms with E-state index < -0.39 is 35.0 Å². The first-order chi connectivity index (χ1) is 18.5. The van der Waals surface area contributed by atoms with Crippen molar-refractivity contribution >= 4 is 34.5 Å². The standard InChI is InChI=1S/C27H26F3N5O3S/c1-16(36)34-15-18-11-21(39(2)38)7-8-22(18)25(34)26(37)33-19-4-10-24(32-13-19)35(20-5-6-20)14-17-3-9-23(31-12-17)27(28,29)30/h3-4,7-13,20,25H,5-6,14-15H2,1-2H3,(H,33,37). The summed E-state index contributed by atoms with van der Waals surface area (Å²) in [6.07, 6.45) is 1.73. The molecule has 1 N–H and O–H groups in total. The second kappa shape index (κ2) is 10.5. The summed E-state index contributed by atoms with van der Waals surface area (Å²) in [5.74, 6) is -0.0114. The molecule has 2 aromatic heterocycles. The van der Waals surface area contributed by atoms with E-state index in [1.165, 1.54) is 30.3 Å². The predicted molar refractivity (Wildman–Crippen MR) is 139 cm³/mol. The SMILES string of the molecule is CC(=O)N1Cc2cc([S+](C)[O-])ccc2C1C(=O)Nc1ccc(N(Cc2ccc(C(F)(F)F)nc2)C2CC2)nc1. The maximum absolute atomic E-state index is 13.3. The Kier molecular flexibility index (Phi) is 7.25. The first kappa shape index (κ1) is 26.9. The molecular formula is C27H26F3N5O3S. The van der Waals surface area contributed by atoms with Gasteiger partial charge in [0.2, 0.25) is 5.91 Å². The molecule has 1 fully saturated rings. The van der Waals surface area contributed by atoms with Crippen LogP contribution in [0.3, 0.4) is 0 Å². The summed E-state index contributed by atoms with van der Waals surface area (Å²) >= 11 is -1.18. The molecule has 1 aliphatic carbocycles. The average molecular weight is 558 g/mol. The fraction of sp³-hybridized carbons (Fsp3) is 0.333. The molecule has 3 aromatic rings. The number of fused-ring (bicyclic) bond motifs is 1. The first-order valence-corrected chi connectivity index (χ1v) is 13.9. The molecule has 39 heavy (non-hydrogen) atoms. The van der Waals surface area contributed by atoms with E-state index in [0.717, 1.165) is 24.5 Å². The van der Waals surface area contributed by atoms with Gasteiger partial charge in [-0.25, -0.2) is 4.98 Å². The van der Waals surface area contributed by atoms with Crippen molar-refractivity contribution < 1.29 is 27.3 Å². The Morgan fingerprint density at radius 1 is 1.13 bits per heavy atom. The molecule has 2 unspecified atom stereocenters. The van der Waals surface area contributed by atoms with Gasteiger partial charge in [0.05, 0.1) is 11.9 Å². The summed E-state index contributed by atoms with van der Waals surface area (Å²) < 4.78 is 50.4. The Morgan fingerprint density at radius 2 is 1.90 bits per heavy atom. The van der Waals surface area contributed by atoms with E-state index in [0.29, 0.717) is 34.1 Å². The normalized spacial score (nSPS) is 17.5. The van der Waals surface area contributed by atoms with Crippen LogP contribution in [0, 0.1) is 0 Å². The molecule has 0 spiro atoms. The second-order valence-corrected chi connectivity index (χ2v) is 11.0. The molecule has 204 valence electrons. The molecule has 2 aliphatic rings. The van der Waals surface area contributed by atoms with E-state index in [1.54, 1.807) is 36.6 Å². The minimum atomic E-state index is -4.49. The van der Waals surface area contributed by atoms with Crippen LogP contribution in [0.15, 0.2) is 59.8 Å². The summed E-state index contributed by atoms with van der Waals surface area (Å²) in [5.41, 5.74) is 1.61. The van der Waals surface area contributed by atoms with E-state index in [2.05, 4.69) is 15.3 Å². The third-order valence-electron chi connectivity index (χ3n) is 6.81. The number of rotatable bonds is 7. The van der Waals surface area contributed by atoms with E-state index in [-0.39, 0.29) is 18.5 Å². The number of hydrogen-bond donors (Lipinski definition) is 1. The quantitative estimate of drug-likeness (QED) is 0.431. The zero-order valence-electron chi connectivity index (χ0n) is 21.2. The van der Waals surface area contributed by atoms with Crippen LogP contribution in [-0.2, 0) is 40.0 Å². The number of halogens is 3. The minimum absolute atomic E-state index is 0.224. The lowest BCUT2D eigenvalue weighted by atomic mass is 10.0. The number of carbonyl (C=O) groups excluding carboxylic acids is 2. The van der Waals surface area contributed by atoms with Gasteiger partial charge < -0.3 is 19.7 Å². The van der Waals surface area contributed by atoms with E-state index >= 15 is 0 Å². The molecule has 0 radical (unpaired) electrons. The van der Waals surface area contributed by atoms with Crippen molar-refractivity contribution in [1.82, 2.24) is 14.9 Å². The summed E-state index contributed by atoms with van der Waals surface area (Å²) in [4.78, 5) is 37.8. The van der Waals surface area contributed by atoms with Gasteiger partial charge in [0, 0.05) is 32.3 Å². The third-order valence-corrected chi connectivity index (χ3v) is 7.73. The minimum Gasteiger partial charge on any atom is -0.612 e. The zero-order chi connectivity index (χ0) is 27.9. The Morgan fingerprint density at radius 3 is 2.46 bits per heavy atom. The number of nitrogens with zero attached hydrogens (tertiary/aromatic N) is 4.